The van der Waals surface area contributed by atoms with E-state index in [0.29, 0.717) is 6.61 Å². The molecule has 0 aliphatic heterocycles. The Balaban J connectivity index is 2.69. The highest BCUT2D eigenvalue weighted by Crippen LogP contribution is 2.27. The minimum Gasteiger partial charge on any atom is -0.487 e. The molecule has 0 amide bonds. The lowest BCUT2D eigenvalue weighted by Gasteiger charge is -2.15. The minimum atomic E-state index is 0.0566. The average molecular weight is 338 g/mol. The molecule has 1 unspecified atom stereocenters. The first-order valence-electron chi connectivity index (χ1n) is 4.67. The highest BCUT2D eigenvalue weighted by atomic mass is 79.9. The third kappa shape index (κ3) is 4.13. The van der Waals surface area contributed by atoms with Gasteiger partial charge in [0.25, 0.3) is 0 Å². The van der Waals surface area contributed by atoms with E-state index >= 15 is 0 Å². The molecule has 0 radical (unpaired) electrons. The van der Waals surface area contributed by atoms with Gasteiger partial charge in [-0.15, -0.1) is 0 Å². The van der Waals surface area contributed by atoms with Crippen molar-refractivity contribution in [2.45, 2.75) is 18.4 Å². The summed E-state index contributed by atoms with van der Waals surface area (Å²) in [5.74, 6) is 0.851. The number of rotatable bonds is 5. The second kappa shape index (κ2) is 6.51. The van der Waals surface area contributed by atoms with Crippen LogP contribution in [-0.4, -0.2) is 19.8 Å². The maximum Gasteiger partial charge on any atom is 0.134 e. The van der Waals surface area contributed by atoms with Gasteiger partial charge in [-0.1, -0.05) is 22.0 Å². The fourth-order valence-corrected chi connectivity index (χ4v) is 2.08. The zero-order valence-corrected chi connectivity index (χ0v) is 12.0. The maximum absolute atomic E-state index is 5.70. The molecule has 0 saturated heterocycles. The summed E-state index contributed by atoms with van der Waals surface area (Å²) >= 11 is 6.89. The number of hydrogen-bond acceptors (Lipinski definition) is 2. The number of benzene rings is 1. The lowest BCUT2D eigenvalue weighted by Crippen LogP contribution is -2.18. The van der Waals surface area contributed by atoms with Gasteiger partial charge in [0.2, 0.25) is 0 Å². The highest BCUT2D eigenvalue weighted by Gasteiger charge is 2.07. The summed E-state index contributed by atoms with van der Waals surface area (Å²) in [4.78, 5) is 0. The smallest absolute Gasteiger partial charge is 0.134 e. The van der Waals surface area contributed by atoms with Crippen LogP contribution in [0, 0.1) is 0 Å². The molecule has 1 aromatic rings. The largest absolute Gasteiger partial charge is 0.487 e. The van der Waals surface area contributed by atoms with Crippen molar-refractivity contribution in [2.24, 2.45) is 0 Å². The van der Waals surface area contributed by atoms with Crippen LogP contribution in [0.4, 0.5) is 0 Å². The summed E-state index contributed by atoms with van der Waals surface area (Å²) in [5, 5.41) is 0.847. The Morgan fingerprint density at radius 2 is 2.13 bits per heavy atom. The monoisotopic (exact) mass is 336 g/mol. The topological polar surface area (TPSA) is 18.5 Å². The third-order valence-corrected chi connectivity index (χ3v) is 3.15. The van der Waals surface area contributed by atoms with Crippen molar-refractivity contribution in [3.63, 3.8) is 0 Å². The van der Waals surface area contributed by atoms with E-state index in [1.54, 1.807) is 7.11 Å². The number of alkyl halides is 1. The van der Waals surface area contributed by atoms with Crippen LogP contribution in [0.1, 0.15) is 12.5 Å². The van der Waals surface area contributed by atoms with E-state index in [0.717, 1.165) is 15.6 Å². The summed E-state index contributed by atoms with van der Waals surface area (Å²) in [7, 11) is 1.67. The molecule has 0 heterocycles. The Morgan fingerprint density at radius 1 is 1.40 bits per heavy atom. The molecule has 0 aliphatic rings. The Hall–Kier alpha value is -0.0600. The van der Waals surface area contributed by atoms with E-state index in [-0.39, 0.29) is 6.10 Å². The van der Waals surface area contributed by atoms with Crippen LogP contribution in [0.5, 0.6) is 5.75 Å². The van der Waals surface area contributed by atoms with Gasteiger partial charge in [-0.3, -0.25) is 0 Å². The third-order valence-electron chi connectivity index (χ3n) is 1.88. The molecule has 1 rings (SSSR count). The summed E-state index contributed by atoms with van der Waals surface area (Å²) < 4.78 is 11.7. The van der Waals surface area contributed by atoms with Gasteiger partial charge in [-0.05, 0) is 40.5 Å². The van der Waals surface area contributed by atoms with Crippen molar-refractivity contribution < 1.29 is 9.47 Å². The molecule has 0 aliphatic carbocycles. The fourth-order valence-electron chi connectivity index (χ4n) is 1.21. The van der Waals surface area contributed by atoms with E-state index in [4.69, 9.17) is 9.47 Å². The van der Waals surface area contributed by atoms with Crippen LogP contribution < -0.4 is 4.74 Å². The van der Waals surface area contributed by atoms with Crippen molar-refractivity contribution in [3.05, 3.63) is 28.2 Å². The maximum atomic E-state index is 5.70. The van der Waals surface area contributed by atoms with Crippen molar-refractivity contribution in [1.29, 1.82) is 0 Å². The second-order valence-electron chi connectivity index (χ2n) is 3.28. The Morgan fingerprint density at radius 3 is 2.67 bits per heavy atom. The fraction of sp³-hybridized carbons (Fsp3) is 0.455. The number of hydrogen-bond donors (Lipinski definition) is 0. The van der Waals surface area contributed by atoms with Gasteiger partial charge in [-0.2, -0.15) is 0 Å². The number of halogens is 2. The lowest BCUT2D eigenvalue weighted by atomic mass is 10.2. The van der Waals surface area contributed by atoms with Gasteiger partial charge in [-0.25, -0.2) is 0 Å². The summed E-state index contributed by atoms with van der Waals surface area (Å²) in [6.07, 6.45) is 0.0566. The molecular weight excluding hydrogens is 324 g/mol. The van der Waals surface area contributed by atoms with Crippen LogP contribution in [0.3, 0.4) is 0 Å². The summed E-state index contributed by atoms with van der Waals surface area (Å²) in [5.41, 5.74) is 1.22. The molecule has 4 heteroatoms. The summed E-state index contributed by atoms with van der Waals surface area (Å²) in [6.45, 7) is 2.57. The molecule has 0 N–H and O–H groups in total. The van der Waals surface area contributed by atoms with E-state index in [9.17, 15) is 0 Å². The van der Waals surface area contributed by atoms with Crippen molar-refractivity contribution >= 4 is 31.9 Å². The molecule has 2 nitrogen and oxygen atoms in total. The molecule has 0 bridgehead atoms. The van der Waals surface area contributed by atoms with Gasteiger partial charge in [0.05, 0.1) is 11.1 Å². The first kappa shape index (κ1) is 13.0. The van der Waals surface area contributed by atoms with Crippen LogP contribution >= 0.6 is 31.9 Å². The molecule has 1 aromatic carbocycles. The predicted octanol–water partition coefficient (Wildman–Crippen LogP) is 3.76. The van der Waals surface area contributed by atoms with Crippen molar-refractivity contribution in [3.8, 4) is 5.75 Å². The van der Waals surface area contributed by atoms with Gasteiger partial charge in [0.1, 0.15) is 11.9 Å². The predicted molar refractivity (Wildman–Crippen MR) is 68.7 cm³/mol. The Bertz CT molecular complexity index is 315. The molecule has 0 aromatic heterocycles. The van der Waals surface area contributed by atoms with Crippen LogP contribution in [0.15, 0.2) is 22.7 Å². The number of methoxy groups -OCH3 is 1. The molecule has 0 spiro atoms. The molecule has 15 heavy (non-hydrogen) atoms. The second-order valence-corrected chi connectivity index (χ2v) is 4.70. The van der Waals surface area contributed by atoms with Crippen LogP contribution in [0.25, 0.3) is 0 Å². The molecule has 1 atom stereocenters. The highest BCUT2D eigenvalue weighted by molar-refractivity contribution is 9.10. The van der Waals surface area contributed by atoms with Crippen LogP contribution in [0.2, 0.25) is 0 Å². The lowest BCUT2D eigenvalue weighted by molar-refractivity contribution is 0.0916. The van der Waals surface area contributed by atoms with Gasteiger partial charge < -0.3 is 9.47 Å². The van der Waals surface area contributed by atoms with Gasteiger partial charge in [0, 0.05) is 12.4 Å². The average Bonchev–Trinajstić information content (AvgIpc) is 2.21. The molecular formula is C11H14Br2O2. The van der Waals surface area contributed by atoms with Gasteiger partial charge >= 0.3 is 0 Å². The van der Waals surface area contributed by atoms with Crippen molar-refractivity contribution in [1.82, 2.24) is 0 Å². The zero-order chi connectivity index (χ0) is 11.3. The Kier molecular flexibility index (Phi) is 5.64. The minimum absolute atomic E-state index is 0.0566. The van der Waals surface area contributed by atoms with E-state index < -0.39 is 0 Å². The van der Waals surface area contributed by atoms with E-state index in [1.165, 1.54) is 5.56 Å². The van der Waals surface area contributed by atoms with Gasteiger partial charge in [0.15, 0.2) is 0 Å². The molecule has 0 fully saturated rings. The van der Waals surface area contributed by atoms with E-state index in [1.807, 2.05) is 25.1 Å². The standard InChI is InChI=1S/C11H14Br2O2/c1-8(7-14-2)15-11-4-3-9(6-12)5-10(11)13/h3-5,8H,6-7H2,1-2H3. The zero-order valence-electron chi connectivity index (χ0n) is 8.80. The Labute approximate surface area is 107 Å². The first-order valence-corrected chi connectivity index (χ1v) is 6.58. The van der Waals surface area contributed by atoms with Crippen LogP contribution in [-0.2, 0) is 10.1 Å². The quantitative estimate of drug-likeness (QED) is 0.762. The normalized spacial score (nSPS) is 12.5. The SMILES string of the molecule is COCC(C)Oc1ccc(CBr)cc1Br. The molecule has 84 valence electrons. The number of ether oxygens (including phenoxy) is 2. The van der Waals surface area contributed by atoms with E-state index in [2.05, 4.69) is 31.9 Å². The molecule has 0 saturated carbocycles. The summed E-state index contributed by atoms with van der Waals surface area (Å²) in [6, 6.07) is 6.05. The van der Waals surface area contributed by atoms with Crippen molar-refractivity contribution in [2.75, 3.05) is 13.7 Å². The first-order chi connectivity index (χ1) is 7.17.